The van der Waals surface area contributed by atoms with Crippen LogP contribution in [0, 0.1) is 5.92 Å². The fraction of sp³-hybridized carbons (Fsp3) is 0.714. The maximum atomic E-state index is 12.1. The average Bonchev–Trinajstić information content (AvgIpc) is 3.01. The number of amides is 1. The fourth-order valence-corrected chi connectivity index (χ4v) is 4.69. The minimum atomic E-state index is -1.03. The van der Waals surface area contributed by atoms with E-state index in [0.717, 1.165) is 25.1 Å². The smallest absolute Gasteiger partial charge is 0.352 e. The third-order valence-electron chi connectivity index (χ3n) is 4.53. The highest BCUT2D eigenvalue weighted by Crippen LogP contribution is 2.44. The monoisotopic (exact) mass is 312 g/mol. The molecule has 4 atom stereocenters. The summed E-state index contributed by atoms with van der Waals surface area (Å²) in [5.41, 5.74) is 0.987. The number of carbonyl (C=O) groups excluding carboxylic acids is 1. The Kier molecular flexibility index (Phi) is 3.98. The van der Waals surface area contributed by atoms with Crippen LogP contribution >= 0.6 is 11.8 Å². The van der Waals surface area contributed by atoms with Gasteiger partial charge in [0.25, 0.3) is 0 Å². The zero-order chi connectivity index (χ0) is 15.1. The molecule has 3 aliphatic heterocycles. The Balaban J connectivity index is 1.72. The van der Waals surface area contributed by atoms with Crippen LogP contribution < -0.4 is 5.32 Å². The number of carboxylic acids is 1. The summed E-state index contributed by atoms with van der Waals surface area (Å²) in [6, 6.07) is -0.166. The molecule has 7 heteroatoms. The van der Waals surface area contributed by atoms with E-state index in [9.17, 15) is 19.8 Å². The van der Waals surface area contributed by atoms with E-state index < -0.39 is 18.0 Å². The van der Waals surface area contributed by atoms with Gasteiger partial charge in [0.15, 0.2) is 0 Å². The van der Waals surface area contributed by atoms with Crippen LogP contribution in [0.1, 0.15) is 19.8 Å². The van der Waals surface area contributed by atoms with Crippen LogP contribution in [0.3, 0.4) is 0 Å². The molecule has 3 heterocycles. The van der Waals surface area contributed by atoms with Gasteiger partial charge >= 0.3 is 5.97 Å². The second-order valence-electron chi connectivity index (χ2n) is 5.93. The molecular formula is C14H20N2O4S. The maximum Gasteiger partial charge on any atom is 0.352 e. The van der Waals surface area contributed by atoms with Crippen molar-refractivity contribution in [3.63, 3.8) is 0 Å². The summed E-state index contributed by atoms with van der Waals surface area (Å²) >= 11 is 1.76. The number of β-lactam (4-membered cyclic amide) rings is 1. The van der Waals surface area contributed by atoms with Gasteiger partial charge in [0, 0.05) is 17.5 Å². The summed E-state index contributed by atoms with van der Waals surface area (Å²) < 4.78 is 0. The number of carboxylic acid groups (broad SMARTS) is 1. The van der Waals surface area contributed by atoms with Crippen molar-refractivity contribution in [1.29, 1.82) is 0 Å². The van der Waals surface area contributed by atoms with Gasteiger partial charge in [-0.3, -0.25) is 4.79 Å². The Hall–Kier alpha value is -1.05. The lowest BCUT2D eigenvalue weighted by Gasteiger charge is -2.44. The lowest BCUT2D eigenvalue weighted by atomic mass is 9.83. The van der Waals surface area contributed by atoms with E-state index in [1.165, 1.54) is 4.90 Å². The van der Waals surface area contributed by atoms with Crippen molar-refractivity contribution in [2.24, 2.45) is 5.92 Å². The van der Waals surface area contributed by atoms with Crippen molar-refractivity contribution < 1.29 is 19.8 Å². The van der Waals surface area contributed by atoms with E-state index in [2.05, 4.69) is 5.32 Å². The first-order chi connectivity index (χ1) is 10.0. The summed E-state index contributed by atoms with van der Waals surface area (Å²) in [5.74, 6) is -1.08. The normalized spacial score (nSPS) is 33.1. The van der Waals surface area contributed by atoms with E-state index in [0.29, 0.717) is 17.4 Å². The Labute approximate surface area is 127 Å². The summed E-state index contributed by atoms with van der Waals surface area (Å²) in [6.45, 7) is 3.57. The molecule has 0 aromatic carbocycles. The summed E-state index contributed by atoms with van der Waals surface area (Å²) in [7, 11) is 0. The molecule has 116 valence electrons. The second-order valence-corrected chi connectivity index (χ2v) is 7.22. The first kappa shape index (κ1) is 14.9. The molecule has 0 aromatic heterocycles. The molecular weight excluding hydrogens is 292 g/mol. The average molecular weight is 312 g/mol. The predicted octanol–water partition coefficient (Wildman–Crippen LogP) is 0.0317. The van der Waals surface area contributed by atoms with Gasteiger partial charge in [0.05, 0.1) is 18.1 Å². The number of rotatable bonds is 5. The maximum absolute atomic E-state index is 12.1. The summed E-state index contributed by atoms with van der Waals surface area (Å²) in [4.78, 5) is 24.9. The molecule has 3 aliphatic rings. The Morgan fingerprint density at radius 3 is 2.90 bits per heavy atom. The van der Waals surface area contributed by atoms with Crippen LogP contribution in [0.2, 0.25) is 0 Å². The number of fused-ring (bicyclic) bond motifs is 1. The highest BCUT2D eigenvalue weighted by molar-refractivity contribution is 8.00. The number of nitrogens with zero attached hydrogens (tertiary/aromatic N) is 1. The third kappa shape index (κ3) is 2.47. The highest BCUT2D eigenvalue weighted by atomic mass is 32.2. The molecule has 0 spiro atoms. The molecule has 0 bridgehead atoms. The fourth-order valence-electron chi connectivity index (χ4n) is 3.48. The summed E-state index contributed by atoms with van der Waals surface area (Å²) in [6.07, 6.45) is 0.957. The number of hydrogen-bond acceptors (Lipinski definition) is 5. The third-order valence-corrected chi connectivity index (χ3v) is 5.92. The van der Waals surface area contributed by atoms with Crippen molar-refractivity contribution in [1.82, 2.24) is 10.2 Å². The molecule has 0 aliphatic carbocycles. The van der Waals surface area contributed by atoms with Crippen LogP contribution in [-0.2, 0) is 9.59 Å². The van der Waals surface area contributed by atoms with E-state index in [-0.39, 0.29) is 17.6 Å². The van der Waals surface area contributed by atoms with Crippen LogP contribution in [0.4, 0.5) is 0 Å². The SMILES string of the molecule is C[C@@H](O)[C@H]1C(=O)N2C(C(=O)O)=C(CS[C@H]3CCNC3)C[C@H]12. The number of carbonyl (C=O) groups is 2. The number of nitrogens with one attached hydrogen (secondary N) is 1. The second kappa shape index (κ2) is 5.62. The van der Waals surface area contributed by atoms with Crippen molar-refractivity contribution in [2.75, 3.05) is 18.8 Å². The quantitative estimate of drug-likeness (QED) is 0.621. The van der Waals surface area contributed by atoms with Crippen molar-refractivity contribution in [2.45, 2.75) is 37.2 Å². The zero-order valence-corrected chi connectivity index (χ0v) is 12.7. The van der Waals surface area contributed by atoms with Crippen molar-refractivity contribution in [3.8, 4) is 0 Å². The first-order valence-electron chi connectivity index (χ1n) is 7.29. The minimum Gasteiger partial charge on any atom is -0.477 e. The molecule has 3 rings (SSSR count). The molecule has 1 amide bonds. The molecule has 21 heavy (non-hydrogen) atoms. The van der Waals surface area contributed by atoms with Gasteiger partial charge < -0.3 is 20.4 Å². The Morgan fingerprint density at radius 1 is 1.57 bits per heavy atom. The molecule has 0 unspecified atom stereocenters. The van der Waals surface area contributed by atoms with Crippen molar-refractivity contribution in [3.05, 3.63) is 11.3 Å². The molecule has 0 aromatic rings. The minimum absolute atomic E-state index is 0.153. The van der Waals surface area contributed by atoms with Crippen LogP contribution in [0.25, 0.3) is 0 Å². The number of thioether (sulfide) groups is 1. The molecule has 6 nitrogen and oxygen atoms in total. The zero-order valence-electron chi connectivity index (χ0n) is 11.9. The lowest BCUT2D eigenvalue weighted by Crippen LogP contribution is -2.61. The summed E-state index contributed by atoms with van der Waals surface area (Å²) in [5, 5.41) is 22.9. The van der Waals surface area contributed by atoms with Crippen LogP contribution in [0.5, 0.6) is 0 Å². The van der Waals surface area contributed by atoms with Crippen molar-refractivity contribution >= 4 is 23.6 Å². The topological polar surface area (TPSA) is 89.9 Å². The molecule has 0 radical (unpaired) electrons. The van der Waals surface area contributed by atoms with Crippen LogP contribution in [-0.4, -0.2) is 63.2 Å². The van der Waals surface area contributed by atoms with E-state index >= 15 is 0 Å². The number of aliphatic carboxylic acids is 1. The number of aliphatic hydroxyl groups excluding tert-OH is 1. The van der Waals surface area contributed by atoms with Gasteiger partial charge in [-0.15, -0.1) is 0 Å². The van der Waals surface area contributed by atoms with E-state index in [1.807, 2.05) is 0 Å². The van der Waals surface area contributed by atoms with Gasteiger partial charge in [0.1, 0.15) is 5.70 Å². The van der Waals surface area contributed by atoms with Gasteiger partial charge in [-0.25, -0.2) is 4.79 Å². The Bertz CT molecular complexity index is 499. The molecule has 0 saturated carbocycles. The van der Waals surface area contributed by atoms with Crippen LogP contribution in [0.15, 0.2) is 11.3 Å². The Morgan fingerprint density at radius 2 is 2.33 bits per heavy atom. The molecule has 3 N–H and O–H groups in total. The standard InChI is InChI=1S/C14H20N2O4S/c1-7(17)11-10-4-8(6-21-9-2-3-15-5-9)12(14(19)20)16(10)13(11)18/h7,9-11,15,17H,2-6H2,1H3,(H,19,20)/t7-,9+,10-,11-/m1/s1. The van der Waals surface area contributed by atoms with Gasteiger partial charge in [-0.05, 0) is 31.9 Å². The van der Waals surface area contributed by atoms with Gasteiger partial charge in [-0.2, -0.15) is 11.8 Å². The highest BCUT2D eigenvalue weighted by Gasteiger charge is 2.56. The van der Waals surface area contributed by atoms with Gasteiger partial charge in [0.2, 0.25) is 5.91 Å². The molecule has 2 fully saturated rings. The lowest BCUT2D eigenvalue weighted by molar-refractivity contribution is -0.161. The van der Waals surface area contributed by atoms with E-state index in [4.69, 9.17) is 0 Å². The number of hydrogen-bond donors (Lipinski definition) is 3. The van der Waals surface area contributed by atoms with Gasteiger partial charge in [-0.1, -0.05) is 0 Å². The molecule has 2 saturated heterocycles. The largest absolute Gasteiger partial charge is 0.477 e. The first-order valence-corrected chi connectivity index (χ1v) is 8.34. The van der Waals surface area contributed by atoms with E-state index in [1.54, 1.807) is 18.7 Å². The number of aliphatic hydroxyl groups is 1. The predicted molar refractivity (Wildman–Crippen MR) is 78.8 cm³/mol.